The fraction of sp³-hybridized carbons (Fsp3) is 0.688. The summed E-state index contributed by atoms with van der Waals surface area (Å²) in [5.74, 6) is 1.61. The van der Waals surface area contributed by atoms with Crippen LogP contribution in [0.2, 0.25) is 0 Å². The highest BCUT2D eigenvalue weighted by atomic mass is 15.3. The summed E-state index contributed by atoms with van der Waals surface area (Å²) in [5, 5.41) is 3.24. The van der Waals surface area contributed by atoms with Crippen LogP contribution in [0.15, 0.2) is 12.1 Å². The highest BCUT2D eigenvalue weighted by Gasteiger charge is 2.25. The lowest BCUT2D eigenvalue weighted by Gasteiger charge is -2.22. The van der Waals surface area contributed by atoms with E-state index in [1.807, 2.05) is 7.05 Å². The molecule has 1 unspecified atom stereocenters. The van der Waals surface area contributed by atoms with E-state index in [1.54, 1.807) is 0 Å². The van der Waals surface area contributed by atoms with Gasteiger partial charge in [0.1, 0.15) is 5.82 Å². The first-order valence-corrected chi connectivity index (χ1v) is 7.58. The minimum atomic E-state index is 0.470. The molecule has 4 nitrogen and oxygen atoms in total. The molecule has 0 radical (unpaired) electrons. The third-order valence-corrected chi connectivity index (χ3v) is 4.08. The fourth-order valence-corrected chi connectivity index (χ4v) is 2.73. The van der Waals surface area contributed by atoms with E-state index in [-0.39, 0.29) is 0 Å². The maximum atomic E-state index is 4.87. The number of anilines is 1. The van der Waals surface area contributed by atoms with E-state index in [9.17, 15) is 0 Å². The van der Waals surface area contributed by atoms with Crippen molar-refractivity contribution < 1.29 is 0 Å². The molecule has 1 aromatic heterocycles. The lowest BCUT2D eigenvalue weighted by Crippen LogP contribution is -2.31. The summed E-state index contributed by atoms with van der Waals surface area (Å²) in [6.07, 6.45) is 1.22. The van der Waals surface area contributed by atoms with Gasteiger partial charge in [-0.25, -0.2) is 4.98 Å². The summed E-state index contributed by atoms with van der Waals surface area (Å²) in [4.78, 5) is 9.62. The van der Waals surface area contributed by atoms with Gasteiger partial charge in [-0.3, -0.25) is 0 Å². The molecule has 2 heterocycles. The number of nitrogens with one attached hydrogen (secondary N) is 1. The van der Waals surface area contributed by atoms with Gasteiger partial charge in [-0.15, -0.1) is 0 Å². The molecule has 0 aromatic carbocycles. The van der Waals surface area contributed by atoms with E-state index in [0.29, 0.717) is 12.0 Å². The molecule has 0 amide bonds. The highest BCUT2D eigenvalue weighted by molar-refractivity contribution is 5.44. The molecule has 1 N–H and O–H groups in total. The second kappa shape index (κ2) is 6.55. The van der Waals surface area contributed by atoms with Crippen molar-refractivity contribution in [2.24, 2.45) is 0 Å². The lowest BCUT2D eigenvalue weighted by atomic mass is 10.1. The van der Waals surface area contributed by atoms with Gasteiger partial charge < -0.3 is 15.1 Å². The number of aromatic nitrogens is 1. The van der Waals surface area contributed by atoms with Crippen molar-refractivity contribution in [3.05, 3.63) is 23.4 Å². The zero-order valence-corrected chi connectivity index (χ0v) is 13.5. The van der Waals surface area contributed by atoms with Gasteiger partial charge in [0.25, 0.3) is 0 Å². The summed E-state index contributed by atoms with van der Waals surface area (Å²) in [5.41, 5.74) is 2.52. The van der Waals surface area contributed by atoms with Crippen molar-refractivity contribution in [1.29, 1.82) is 0 Å². The Morgan fingerprint density at radius 3 is 2.70 bits per heavy atom. The van der Waals surface area contributed by atoms with Crippen LogP contribution in [0, 0.1) is 0 Å². The third-order valence-electron chi connectivity index (χ3n) is 4.08. The molecule has 20 heavy (non-hydrogen) atoms. The Hall–Kier alpha value is -1.13. The van der Waals surface area contributed by atoms with Crippen LogP contribution in [0.4, 0.5) is 5.82 Å². The summed E-state index contributed by atoms with van der Waals surface area (Å²) >= 11 is 0. The molecule has 0 aliphatic carbocycles. The Morgan fingerprint density at radius 1 is 1.40 bits per heavy atom. The first-order valence-electron chi connectivity index (χ1n) is 7.58. The number of hydrogen-bond acceptors (Lipinski definition) is 4. The van der Waals surface area contributed by atoms with Crippen LogP contribution in [0.3, 0.4) is 0 Å². The molecule has 1 saturated heterocycles. The van der Waals surface area contributed by atoms with Gasteiger partial charge >= 0.3 is 0 Å². The van der Waals surface area contributed by atoms with E-state index in [2.05, 4.69) is 55.2 Å². The van der Waals surface area contributed by atoms with Gasteiger partial charge in [-0.05, 0) is 51.2 Å². The first kappa shape index (κ1) is 15.3. The van der Waals surface area contributed by atoms with Crippen LogP contribution in [0.5, 0.6) is 0 Å². The van der Waals surface area contributed by atoms with Crippen molar-refractivity contribution in [3.63, 3.8) is 0 Å². The summed E-state index contributed by atoms with van der Waals surface area (Å²) < 4.78 is 0. The Kier molecular flexibility index (Phi) is 5.00. The molecule has 1 atom stereocenters. The summed E-state index contributed by atoms with van der Waals surface area (Å²) in [6, 6.07) is 5.11. The molecule has 4 heteroatoms. The van der Waals surface area contributed by atoms with E-state index >= 15 is 0 Å². The zero-order valence-electron chi connectivity index (χ0n) is 13.5. The Balaban J connectivity index is 2.22. The molecule has 1 fully saturated rings. The number of hydrogen-bond donors (Lipinski definition) is 1. The fourth-order valence-electron chi connectivity index (χ4n) is 2.73. The quantitative estimate of drug-likeness (QED) is 0.892. The van der Waals surface area contributed by atoms with E-state index in [1.165, 1.54) is 17.7 Å². The number of pyridine rings is 1. The topological polar surface area (TPSA) is 31.4 Å². The maximum absolute atomic E-state index is 4.87. The van der Waals surface area contributed by atoms with Gasteiger partial charge in [0.2, 0.25) is 0 Å². The van der Waals surface area contributed by atoms with Crippen LogP contribution in [-0.4, -0.2) is 50.2 Å². The monoisotopic (exact) mass is 276 g/mol. The second-order valence-corrected chi connectivity index (χ2v) is 6.30. The summed E-state index contributed by atoms with van der Waals surface area (Å²) in [7, 11) is 6.32. The Labute approximate surface area is 123 Å². The van der Waals surface area contributed by atoms with Crippen LogP contribution in [0.25, 0.3) is 0 Å². The van der Waals surface area contributed by atoms with Gasteiger partial charge in [-0.2, -0.15) is 0 Å². The minimum Gasteiger partial charge on any atom is -0.355 e. The van der Waals surface area contributed by atoms with Crippen LogP contribution in [-0.2, 0) is 6.54 Å². The maximum Gasteiger partial charge on any atom is 0.129 e. The van der Waals surface area contributed by atoms with E-state index < -0.39 is 0 Å². The normalized spacial score (nSPS) is 19.4. The average Bonchev–Trinajstić information content (AvgIpc) is 2.88. The van der Waals surface area contributed by atoms with Crippen molar-refractivity contribution in [3.8, 4) is 0 Å². The van der Waals surface area contributed by atoms with Crippen LogP contribution >= 0.6 is 0 Å². The molecule has 1 aliphatic heterocycles. The molecule has 0 saturated carbocycles. The van der Waals surface area contributed by atoms with Crippen molar-refractivity contribution in [2.45, 2.75) is 38.8 Å². The van der Waals surface area contributed by atoms with E-state index in [0.717, 1.165) is 25.5 Å². The average molecular weight is 276 g/mol. The van der Waals surface area contributed by atoms with Crippen LogP contribution in [0.1, 0.15) is 37.4 Å². The van der Waals surface area contributed by atoms with Crippen molar-refractivity contribution >= 4 is 5.82 Å². The van der Waals surface area contributed by atoms with Gasteiger partial charge in [0.15, 0.2) is 0 Å². The molecular weight excluding hydrogens is 248 g/mol. The lowest BCUT2D eigenvalue weighted by molar-refractivity contribution is 0.315. The Bertz CT molecular complexity index is 442. The largest absolute Gasteiger partial charge is 0.355 e. The molecule has 1 aromatic rings. The molecule has 112 valence electrons. The molecular formula is C16H28N4. The molecule has 2 rings (SSSR count). The second-order valence-electron chi connectivity index (χ2n) is 6.30. The van der Waals surface area contributed by atoms with Gasteiger partial charge in [-0.1, -0.05) is 13.8 Å². The minimum absolute atomic E-state index is 0.470. The highest BCUT2D eigenvalue weighted by Crippen LogP contribution is 2.24. The number of likely N-dealkylation sites (N-methyl/N-ethyl adjacent to an activating group) is 1. The predicted molar refractivity (Wildman–Crippen MR) is 85.4 cm³/mol. The molecule has 0 spiro atoms. The molecule has 1 aliphatic rings. The standard InChI is InChI=1S/C16H28N4/c1-12(2)15-8-13(10-17-3)9-16(18-15)20-7-6-14(11-20)19(4)5/h8-9,12,14,17H,6-7,10-11H2,1-5H3. The van der Waals surface area contributed by atoms with Gasteiger partial charge in [0, 0.05) is 31.4 Å². The van der Waals surface area contributed by atoms with Crippen LogP contribution < -0.4 is 10.2 Å². The predicted octanol–water partition coefficient (Wildman–Crippen LogP) is 2.06. The van der Waals surface area contributed by atoms with Crippen molar-refractivity contribution in [1.82, 2.24) is 15.2 Å². The zero-order chi connectivity index (χ0) is 14.7. The number of nitrogens with zero attached hydrogens (tertiary/aromatic N) is 3. The van der Waals surface area contributed by atoms with Crippen molar-refractivity contribution in [2.75, 3.05) is 39.1 Å². The number of rotatable bonds is 5. The Morgan fingerprint density at radius 2 is 2.15 bits per heavy atom. The summed E-state index contributed by atoms with van der Waals surface area (Å²) in [6.45, 7) is 7.51. The third kappa shape index (κ3) is 3.49. The van der Waals surface area contributed by atoms with Gasteiger partial charge in [0.05, 0.1) is 0 Å². The smallest absolute Gasteiger partial charge is 0.129 e. The molecule has 0 bridgehead atoms. The SMILES string of the molecule is CNCc1cc(C(C)C)nc(N2CCC(N(C)C)C2)c1. The first-order chi connectivity index (χ1) is 9.51. The van der Waals surface area contributed by atoms with E-state index in [4.69, 9.17) is 4.98 Å².